The first-order valence-corrected chi connectivity index (χ1v) is 19.5. The lowest BCUT2D eigenvalue weighted by molar-refractivity contribution is 0.0395. The van der Waals surface area contributed by atoms with E-state index in [1.165, 1.54) is 0 Å². The predicted molar refractivity (Wildman–Crippen MR) is 188 cm³/mol. The predicted octanol–water partition coefficient (Wildman–Crippen LogP) is 4.67. The highest BCUT2D eigenvalue weighted by Crippen LogP contribution is 2.29. The largest absolute Gasteiger partial charge is 0.292 e. The summed E-state index contributed by atoms with van der Waals surface area (Å²) in [6, 6.07) is 25.6. The Bertz CT molecular complexity index is 1660. The van der Waals surface area contributed by atoms with Crippen molar-refractivity contribution in [2.75, 3.05) is 26.2 Å². The molecule has 2 aromatic heterocycles. The van der Waals surface area contributed by atoms with Crippen LogP contribution in [-0.2, 0) is 33.1 Å². The monoisotopic (exact) mass is 690 g/mol. The number of nitrogens with zero attached hydrogens (tertiary/aromatic N) is 4. The number of aromatic nitrogens is 2. The normalized spacial score (nSPS) is 17.2. The smallest absolute Gasteiger partial charge is 0.240 e. The average Bonchev–Trinajstić information content (AvgIpc) is 3.09. The third kappa shape index (κ3) is 10.0. The molecule has 2 atom stereocenters. The first-order valence-electron chi connectivity index (χ1n) is 16.5. The second kappa shape index (κ2) is 16.7. The van der Waals surface area contributed by atoms with E-state index < -0.39 is 20.0 Å². The van der Waals surface area contributed by atoms with Gasteiger partial charge in [0.15, 0.2) is 0 Å². The second-order valence-electron chi connectivity index (χ2n) is 12.4. The van der Waals surface area contributed by atoms with Gasteiger partial charge in [0.1, 0.15) is 0 Å². The lowest BCUT2D eigenvalue weighted by Crippen LogP contribution is -2.55. The van der Waals surface area contributed by atoms with Gasteiger partial charge in [-0.15, -0.1) is 0 Å². The number of rotatable bonds is 16. The van der Waals surface area contributed by atoms with Crippen molar-refractivity contribution >= 4 is 20.0 Å². The van der Waals surface area contributed by atoms with Gasteiger partial charge in [0.25, 0.3) is 0 Å². The fourth-order valence-corrected chi connectivity index (χ4v) is 8.36. The first-order chi connectivity index (χ1) is 23.1. The van der Waals surface area contributed by atoms with E-state index in [0.29, 0.717) is 26.2 Å². The summed E-state index contributed by atoms with van der Waals surface area (Å²) < 4.78 is 58.2. The molecule has 1 aliphatic rings. The molecule has 1 fully saturated rings. The molecule has 0 bridgehead atoms. The SMILES string of the molecule is Cc1ccc(S(=O)(=O)NCCN(Cc2ccccn2)[C@@H]2CCCC[C@H]2N(CCNS(=O)(=O)c2ccc(C)cc2)Cc2ccccn2)cc1. The minimum absolute atomic E-state index is 0.0852. The molecule has 10 nitrogen and oxygen atoms in total. The van der Waals surface area contributed by atoms with Crippen molar-refractivity contribution in [2.24, 2.45) is 0 Å². The summed E-state index contributed by atoms with van der Waals surface area (Å²) in [6.45, 7) is 6.43. The number of hydrogen-bond donors (Lipinski definition) is 2. The van der Waals surface area contributed by atoms with Gasteiger partial charge in [-0.1, -0.05) is 60.4 Å². The van der Waals surface area contributed by atoms with Crippen molar-refractivity contribution in [1.82, 2.24) is 29.2 Å². The number of hydrogen-bond acceptors (Lipinski definition) is 8. The molecule has 0 saturated heterocycles. The highest BCUT2D eigenvalue weighted by atomic mass is 32.2. The Morgan fingerprint density at radius 2 is 1.00 bits per heavy atom. The summed E-state index contributed by atoms with van der Waals surface area (Å²) in [5.74, 6) is 0. The molecule has 2 N–H and O–H groups in total. The van der Waals surface area contributed by atoms with E-state index in [1.807, 2.05) is 50.2 Å². The number of sulfonamides is 2. The summed E-state index contributed by atoms with van der Waals surface area (Å²) in [5, 5.41) is 0. The Morgan fingerprint density at radius 3 is 1.35 bits per heavy atom. The summed E-state index contributed by atoms with van der Waals surface area (Å²) in [6.07, 6.45) is 7.50. The van der Waals surface area contributed by atoms with Gasteiger partial charge in [-0.05, 0) is 75.2 Å². The number of pyridine rings is 2. The van der Waals surface area contributed by atoms with E-state index in [-0.39, 0.29) is 35.0 Å². The van der Waals surface area contributed by atoms with Crippen molar-refractivity contribution < 1.29 is 16.8 Å². The average molecular weight is 691 g/mol. The zero-order valence-corrected chi connectivity index (χ0v) is 29.3. The zero-order chi connectivity index (χ0) is 34.0. The molecular formula is C36H46N6O4S2. The highest BCUT2D eigenvalue weighted by Gasteiger charge is 2.35. The van der Waals surface area contributed by atoms with Gasteiger partial charge in [0.05, 0.1) is 21.2 Å². The van der Waals surface area contributed by atoms with Crippen LogP contribution in [0, 0.1) is 13.8 Å². The number of aryl methyl sites for hydroxylation is 2. The maximum absolute atomic E-state index is 13.1. The van der Waals surface area contributed by atoms with Crippen molar-refractivity contribution in [2.45, 2.75) is 74.5 Å². The topological polar surface area (TPSA) is 125 Å². The lowest BCUT2D eigenvalue weighted by atomic mass is 9.87. The molecule has 4 aromatic rings. The minimum Gasteiger partial charge on any atom is -0.292 e. The molecule has 12 heteroatoms. The zero-order valence-electron chi connectivity index (χ0n) is 27.7. The van der Waals surface area contributed by atoms with Gasteiger partial charge >= 0.3 is 0 Å². The fraction of sp³-hybridized carbons (Fsp3) is 0.389. The van der Waals surface area contributed by atoms with E-state index in [4.69, 9.17) is 0 Å². The van der Waals surface area contributed by atoms with Crippen molar-refractivity contribution in [3.8, 4) is 0 Å². The van der Waals surface area contributed by atoms with Gasteiger partial charge < -0.3 is 0 Å². The lowest BCUT2D eigenvalue weighted by Gasteiger charge is -2.45. The van der Waals surface area contributed by atoms with Gasteiger partial charge in [0.2, 0.25) is 20.0 Å². The molecule has 1 aliphatic carbocycles. The molecule has 1 saturated carbocycles. The molecule has 0 radical (unpaired) electrons. The van der Waals surface area contributed by atoms with E-state index in [2.05, 4.69) is 29.2 Å². The first kappa shape index (κ1) is 35.8. The van der Waals surface area contributed by atoms with Crippen molar-refractivity contribution in [3.63, 3.8) is 0 Å². The Labute approximate surface area is 285 Å². The maximum Gasteiger partial charge on any atom is 0.240 e. The van der Waals surface area contributed by atoms with Crippen molar-refractivity contribution in [3.05, 3.63) is 120 Å². The number of benzene rings is 2. The summed E-state index contributed by atoms with van der Waals surface area (Å²) in [7, 11) is -7.35. The molecule has 0 aliphatic heterocycles. The molecule has 256 valence electrons. The maximum atomic E-state index is 13.1. The van der Waals surface area contributed by atoms with Crippen LogP contribution >= 0.6 is 0 Å². The second-order valence-corrected chi connectivity index (χ2v) is 16.0. The number of nitrogens with one attached hydrogen (secondary N) is 2. The third-order valence-electron chi connectivity index (χ3n) is 8.86. The molecule has 0 amide bonds. The Hall–Kier alpha value is -3.52. The van der Waals surface area contributed by atoms with Crippen LogP contribution in [0.5, 0.6) is 0 Å². The molecule has 0 spiro atoms. The van der Waals surface area contributed by atoms with Gasteiger partial charge in [0, 0.05) is 63.7 Å². The van der Waals surface area contributed by atoms with Crippen LogP contribution in [0.3, 0.4) is 0 Å². The molecular weight excluding hydrogens is 645 g/mol. The summed E-state index contributed by atoms with van der Waals surface area (Å²) in [4.78, 5) is 14.4. The van der Waals surface area contributed by atoms with Crippen LogP contribution in [0.25, 0.3) is 0 Å². The quantitative estimate of drug-likeness (QED) is 0.174. The van der Waals surface area contributed by atoms with E-state index in [9.17, 15) is 16.8 Å². The standard InChI is InChI=1S/C36H46N6O4S2/c1-29-13-17-33(18-14-29)47(43,44)39-23-25-41(27-31-9-5-7-21-37-31)35-11-3-4-12-36(35)42(28-32-10-6-8-22-38-32)26-24-40-48(45,46)34-19-15-30(2)16-20-34/h5-10,13-22,35-36,39-40H,3-4,11-12,23-28H2,1-2H3/t35-,36-/m1/s1. The van der Waals surface area contributed by atoms with E-state index in [0.717, 1.165) is 48.2 Å². The summed E-state index contributed by atoms with van der Waals surface area (Å²) >= 11 is 0. The molecule has 0 unspecified atom stereocenters. The van der Waals surface area contributed by atoms with Gasteiger partial charge in [-0.25, -0.2) is 26.3 Å². The Kier molecular flexibility index (Phi) is 12.5. The summed E-state index contributed by atoms with van der Waals surface area (Å²) in [5.41, 5.74) is 3.81. The van der Waals surface area contributed by atoms with Gasteiger partial charge in [-0.2, -0.15) is 0 Å². The van der Waals surface area contributed by atoms with Crippen LogP contribution in [0.4, 0.5) is 0 Å². The molecule has 2 aromatic carbocycles. The molecule has 48 heavy (non-hydrogen) atoms. The molecule has 5 rings (SSSR count). The fourth-order valence-electron chi connectivity index (χ4n) is 6.32. The van der Waals surface area contributed by atoms with Crippen LogP contribution in [0.15, 0.2) is 107 Å². The minimum atomic E-state index is -3.67. The molecule has 2 heterocycles. The van der Waals surface area contributed by atoms with E-state index in [1.54, 1.807) is 60.9 Å². The van der Waals surface area contributed by atoms with Crippen LogP contribution < -0.4 is 9.44 Å². The highest BCUT2D eigenvalue weighted by molar-refractivity contribution is 7.89. The Morgan fingerprint density at radius 1 is 0.604 bits per heavy atom. The third-order valence-corrected chi connectivity index (χ3v) is 11.8. The van der Waals surface area contributed by atoms with E-state index >= 15 is 0 Å². The van der Waals surface area contributed by atoms with Crippen LogP contribution in [0.2, 0.25) is 0 Å². The van der Waals surface area contributed by atoms with Crippen molar-refractivity contribution in [1.29, 1.82) is 0 Å². The van der Waals surface area contributed by atoms with Crippen LogP contribution in [-0.4, -0.2) is 74.9 Å². The van der Waals surface area contributed by atoms with Crippen LogP contribution in [0.1, 0.15) is 48.2 Å². The van der Waals surface area contributed by atoms with Gasteiger partial charge in [-0.3, -0.25) is 19.8 Å². The Balaban J connectivity index is 1.36.